The number of carboxylic acid groups (broad SMARTS) is 2. The van der Waals surface area contributed by atoms with Gasteiger partial charge in [0.15, 0.2) is 0 Å². The predicted octanol–water partition coefficient (Wildman–Crippen LogP) is 4.72. The Morgan fingerprint density at radius 1 is 0.536 bits per heavy atom. The number of aliphatic carboxylic acids is 2. The number of fused-ring (bicyclic) bond motifs is 2. The van der Waals surface area contributed by atoms with Gasteiger partial charge in [-0.2, -0.15) is 9.59 Å². The van der Waals surface area contributed by atoms with Crippen molar-refractivity contribution in [1.29, 1.82) is 0 Å². The number of aliphatic hydroxyl groups is 2. The number of aliphatic hydroxyl groups excluding tert-OH is 2. The summed E-state index contributed by atoms with van der Waals surface area (Å²) in [5.74, 6) is -2.32. The Hall–Kier alpha value is -4.95. The molecule has 0 bridgehead atoms. The van der Waals surface area contributed by atoms with Crippen LogP contribution in [0.15, 0.2) is 72.8 Å². The van der Waals surface area contributed by atoms with E-state index in [1.165, 1.54) is 9.59 Å². The Labute approximate surface area is 428 Å². The second-order valence-electron chi connectivity index (χ2n) is 19.9. The molecule has 6 aromatic rings. The van der Waals surface area contributed by atoms with E-state index < -0.39 is 11.9 Å². The maximum absolute atomic E-state index is 13.9. The van der Waals surface area contributed by atoms with Crippen molar-refractivity contribution in [2.75, 3.05) is 27.3 Å². The van der Waals surface area contributed by atoms with Gasteiger partial charge in [0, 0.05) is 39.2 Å². The molecule has 0 unspecified atom stereocenters. The minimum atomic E-state index is -1.08. The summed E-state index contributed by atoms with van der Waals surface area (Å²) in [6, 6.07) is 23.4. The summed E-state index contributed by atoms with van der Waals surface area (Å²) in [4.78, 5) is 20.8. The molecule has 0 fully saturated rings. The zero-order valence-electron chi connectivity index (χ0n) is 42.5. The second kappa shape index (κ2) is 28.6. The SMILES string of the molecule is CC(=O)[O-].CC(=O)[O-].CC(C)(C)CC(C)(C)c1cc(CNCCCNCc2cc(C(C)(C)CC(C)(C)C)cc(-n3nc4ccccc4n3)c2[O-])c([O-])c(-n2nc3ccccc3n2)c1.CO.CO.[Ni+2].[Ni+2]. The molecule has 0 radical (unpaired) electrons. The van der Waals surface area contributed by atoms with Crippen LogP contribution in [-0.4, -0.2) is 79.4 Å². The number of aromatic nitrogens is 6. The third-order valence-electron chi connectivity index (χ3n) is 10.1. The minimum absolute atomic E-state index is 0. The first-order valence-electron chi connectivity index (χ1n) is 22.3. The van der Waals surface area contributed by atoms with Crippen molar-refractivity contribution in [3.05, 3.63) is 95.1 Å². The Morgan fingerprint density at radius 3 is 1.04 bits per heavy atom. The van der Waals surface area contributed by atoms with E-state index in [9.17, 15) is 10.2 Å². The molecule has 2 aromatic heterocycles. The molecule has 0 aliphatic carbocycles. The van der Waals surface area contributed by atoms with Gasteiger partial charge in [0.25, 0.3) is 0 Å². The van der Waals surface area contributed by atoms with E-state index in [-0.39, 0.29) is 66.1 Å². The zero-order chi connectivity index (χ0) is 50.9. The average molecular weight is 1040 g/mol. The largest absolute Gasteiger partial charge is 2.00 e. The van der Waals surface area contributed by atoms with Crippen LogP contribution in [0.25, 0.3) is 33.4 Å². The first-order chi connectivity index (χ1) is 31.3. The van der Waals surface area contributed by atoms with Crippen LogP contribution in [0.1, 0.15) is 125 Å². The van der Waals surface area contributed by atoms with Gasteiger partial charge < -0.3 is 50.9 Å². The van der Waals surface area contributed by atoms with Crippen molar-refractivity contribution in [3.8, 4) is 22.9 Å². The number of rotatable bonds is 14. The van der Waals surface area contributed by atoms with Crippen LogP contribution in [-0.2, 0) is 66.5 Å². The molecule has 6 rings (SSSR count). The van der Waals surface area contributed by atoms with E-state index in [0.717, 1.165) is 80.5 Å². The fourth-order valence-electron chi connectivity index (χ4n) is 8.26. The summed E-state index contributed by atoms with van der Waals surface area (Å²) in [5, 5.41) is 85.3. The zero-order valence-corrected chi connectivity index (χ0v) is 44.5. The standard InChI is InChI=1S/C45H60N8O2.2C2H4O2.2CH4O.2Ni/c1-42(2,3)28-44(7,8)32-22-30(40(54)38(24-32)52-48-34-16-11-12-17-35(34)49-52)26-46-20-15-21-47-27-31-23-33(45(9,10)29-43(4,5)6)25-39(41(31)55)53-50-36-18-13-14-19-37(36)51-53;2*1-2(3)4;2*1-2;;/h11-14,16-19,22-25,46-47,54-55H,15,20-21,26-29H2,1-10H3;2*1H3,(H,3,4);2*2H,1H3;;/q;;;;;2*+2/p-4. The molecule has 18 heteroatoms. The molecular formula is C51H72N8Ni2O8. The molecule has 0 aliphatic rings. The third-order valence-corrected chi connectivity index (χ3v) is 10.1. The van der Waals surface area contributed by atoms with Crippen LogP contribution < -0.4 is 31.1 Å². The third kappa shape index (κ3) is 20.5. The summed E-state index contributed by atoms with van der Waals surface area (Å²) in [7, 11) is 2.00. The second-order valence-corrected chi connectivity index (χ2v) is 19.9. The molecule has 0 atom stereocenters. The molecular weight excluding hydrogens is 970 g/mol. The Morgan fingerprint density at radius 2 is 0.797 bits per heavy atom. The van der Waals surface area contributed by atoms with Crippen molar-refractivity contribution < 1.29 is 73.2 Å². The predicted molar refractivity (Wildman–Crippen MR) is 256 cm³/mol. The fourth-order valence-corrected chi connectivity index (χ4v) is 8.26. The maximum atomic E-state index is 13.9. The number of carboxylic acids is 2. The van der Waals surface area contributed by atoms with Crippen LogP contribution in [0.3, 0.4) is 0 Å². The first-order valence-corrected chi connectivity index (χ1v) is 22.3. The van der Waals surface area contributed by atoms with Gasteiger partial charge in [-0.15, -0.1) is 20.4 Å². The van der Waals surface area contributed by atoms with Gasteiger partial charge in [-0.25, -0.2) is 0 Å². The Balaban J connectivity index is 0.00000300. The van der Waals surface area contributed by atoms with Crippen molar-refractivity contribution >= 4 is 34.0 Å². The molecule has 4 N–H and O–H groups in total. The van der Waals surface area contributed by atoms with Gasteiger partial charge in [0.2, 0.25) is 0 Å². The molecule has 69 heavy (non-hydrogen) atoms. The number of benzene rings is 4. The van der Waals surface area contributed by atoms with E-state index in [2.05, 4.69) is 112 Å². The van der Waals surface area contributed by atoms with Crippen molar-refractivity contribution in [3.63, 3.8) is 0 Å². The van der Waals surface area contributed by atoms with Crippen LogP contribution in [0, 0.1) is 10.8 Å². The normalized spacial score (nSPS) is 11.2. The van der Waals surface area contributed by atoms with Gasteiger partial charge in [-0.05, 0) is 127 Å². The summed E-state index contributed by atoms with van der Waals surface area (Å²) in [6.07, 6.45) is 2.71. The number of carbonyl (C=O) groups is 2. The number of nitrogens with one attached hydrogen (secondary N) is 2. The molecule has 0 spiro atoms. The van der Waals surface area contributed by atoms with Crippen LogP contribution in [0.5, 0.6) is 11.5 Å². The van der Waals surface area contributed by atoms with E-state index in [1.54, 1.807) is 0 Å². The number of nitrogens with zero attached hydrogens (tertiary/aromatic N) is 6. The Bertz CT molecular complexity index is 2260. The van der Waals surface area contributed by atoms with E-state index in [4.69, 9.17) is 30.0 Å². The smallest absolute Gasteiger partial charge is 0.871 e. The van der Waals surface area contributed by atoms with E-state index in [1.807, 2.05) is 60.7 Å². The van der Waals surface area contributed by atoms with Crippen LogP contribution in [0.2, 0.25) is 0 Å². The first kappa shape index (κ1) is 64.0. The topological polar surface area (TPSA) is 252 Å². The Kier molecular flexibility index (Phi) is 26.6. The van der Waals surface area contributed by atoms with Gasteiger partial charge in [-0.3, -0.25) is 0 Å². The summed E-state index contributed by atoms with van der Waals surface area (Å²) >= 11 is 0. The van der Waals surface area contributed by atoms with Crippen molar-refractivity contribution in [2.24, 2.45) is 10.8 Å². The average Bonchev–Trinajstić information content (AvgIpc) is 3.86. The molecule has 0 saturated heterocycles. The molecule has 0 saturated carbocycles. The number of hydrogen-bond acceptors (Lipinski definition) is 14. The number of hydrogen-bond donors (Lipinski definition) is 4. The summed E-state index contributed by atoms with van der Waals surface area (Å²) in [6.45, 7) is 26.6. The molecule has 16 nitrogen and oxygen atoms in total. The van der Waals surface area contributed by atoms with E-state index >= 15 is 0 Å². The monoisotopic (exact) mass is 1040 g/mol. The van der Waals surface area contributed by atoms with Gasteiger partial charge in [0.05, 0.1) is 11.4 Å². The molecule has 384 valence electrons. The summed E-state index contributed by atoms with van der Waals surface area (Å²) < 4.78 is 0. The van der Waals surface area contributed by atoms with E-state index in [0.29, 0.717) is 48.7 Å². The van der Waals surface area contributed by atoms with Crippen molar-refractivity contribution in [2.45, 2.75) is 126 Å². The minimum Gasteiger partial charge on any atom is -0.871 e. The van der Waals surface area contributed by atoms with Crippen molar-refractivity contribution in [1.82, 2.24) is 40.6 Å². The van der Waals surface area contributed by atoms with Crippen LogP contribution in [0.4, 0.5) is 0 Å². The molecule has 0 aliphatic heterocycles. The van der Waals surface area contributed by atoms with Crippen LogP contribution >= 0.6 is 0 Å². The molecule has 2 heterocycles. The van der Waals surface area contributed by atoms with Gasteiger partial charge in [-0.1, -0.05) is 117 Å². The quantitative estimate of drug-likeness (QED) is 0.0851. The molecule has 0 amide bonds. The fraction of sp³-hybridized carbons (Fsp3) is 0.490. The maximum Gasteiger partial charge on any atom is 2.00 e. The number of carbonyl (C=O) groups excluding carboxylic acids is 2. The summed E-state index contributed by atoms with van der Waals surface area (Å²) in [5.41, 5.74) is 7.37. The van der Waals surface area contributed by atoms with Gasteiger partial charge in [0.1, 0.15) is 22.1 Å². The van der Waals surface area contributed by atoms with Gasteiger partial charge >= 0.3 is 33.0 Å². The molecule has 4 aromatic carbocycles.